The minimum Gasteiger partial charge on any atom is -0.388 e. The fourth-order valence-electron chi connectivity index (χ4n) is 2.04. The summed E-state index contributed by atoms with van der Waals surface area (Å²) < 4.78 is 12.8. The zero-order chi connectivity index (χ0) is 15.2. The topological polar surface area (TPSA) is 68.9 Å². The number of aliphatic hydroxyl groups excluding tert-OH is 1. The Hall–Kier alpha value is -2.45. The predicted molar refractivity (Wildman–Crippen MR) is 78.0 cm³/mol. The van der Waals surface area contributed by atoms with Crippen LogP contribution in [0.25, 0.3) is 0 Å². The normalized spacial score (nSPS) is 13.2. The molecule has 108 valence electrons. The number of hydrogen-bond acceptors (Lipinski definition) is 4. The van der Waals surface area contributed by atoms with E-state index in [1.165, 1.54) is 12.1 Å². The molecule has 0 radical (unpaired) electrons. The van der Waals surface area contributed by atoms with Crippen molar-refractivity contribution >= 4 is 5.69 Å². The molecule has 0 unspecified atom stereocenters. The molecule has 4 nitrogen and oxygen atoms in total. The number of hydrogen-bond donors (Lipinski definition) is 2. The SMILES string of the molecule is C[C@@H](C[C@@H](O)c1ccc(F)cc1)Nc1ccc(C#N)nc1. The van der Waals surface area contributed by atoms with Gasteiger partial charge in [0.2, 0.25) is 0 Å². The van der Waals surface area contributed by atoms with E-state index in [2.05, 4.69) is 10.3 Å². The van der Waals surface area contributed by atoms with E-state index < -0.39 is 6.10 Å². The Morgan fingerprint density at radius 1 is 1.29 bits per heavy atom. The number of rotatable bonds is 5. The predicted octanol–water partition coefficient (Wildman–Crippen LogP) is 3.02. The Labute approximate surface area is 122 Å². The van der Waals surface area contributed by atoms with Crippen LogP contribution in [0.5, 0.6) is 0 Å². The van der Waals surface area contributed by atoms with Gasteiger partial charge in [-0.25, -0.2) is 9.37 Å². The lowest BCUT2D eigenvalue weighted by atomic mass is 10.0. The van der Waals surface area contributed by atoms with Crippen molar-refractivity contribution in [3.63, 3.8) is 0 Å². The van der Waals surface area contributed by atoms with Gasteiger partial charge in [-0.3, -0.25) is 0 Å². The summed E-state index contributed by atoms with van der Waals surface area (Å²) in [5, 5.41) is 22.0. The van der Waals surface area contributed by atoms with Gasteiger partial charge >= 0.3 is 0 Å². The van der Waals surface area contributed by atoms with Crippen LogP contribution in [0.15, 0.2) is 42.6 Å². The maximum Gasteiger partial charge on any atom is 0.140 e. The van der Waals surface area contributed by atoms with Crippen LogP contribution in [0.3, 0.4) is 0 Å². The van der Waals surface area contributed by atoms with Gasteiger partial charge in [-0.05, 0) is 43.2 Å². The van der Waals surface area contributed by atoms with Gasteiger partial charge < -0.3 is 10.4 Å². The maximum atomic E-state index is 12.8. The Bertz CT molecular complexity index is 619. The van der Waals surface area contributed by atoms with E-state index in [9.17, 15) is 9.50 Å². The lowest BCUT2D eigenvalue weighted by Gasteiger charge is -2.19. The Balaban J connectivity index is 1.92. The molecule has 2 rings (SSSR count). The number of anilines is 1. The van der Waals surface area contributed by atoms with Crippen molar-refractivity contribution in [2.75, 3.05) is 5.32 Å². The van der Waals surface area contributed by atoms with Crippen LogP contribution < -0.4 is 5.32 Å². The second-order valence-corrected chi connectivity index (χ2v) is 4.89. The zero-order valence-corrected chi connectivity index (χ0v) is 11.6. The van der Waals surface area contributed by atoms with Crippen molar-refractivity contribution in [2.45, 2.75) is 25.5 Å². The molecular formula is C16H16FN3O. The number of aliphatic hydroxyl groups is 1. The number of aromatic nitrogens is 1. The number of benzene rings is 1. The van der Waals surface area contributed by atoms with Crippen molar-refractivity contribution in [3.05, 3.63) is 59.7 Å². The van der Waals surface area contributed by atoms with Crippen LogP contribution in [-0.2, 0) is 0 Å². The monoisotopic (exact) mass is 285 g/mol. The molecule has 0 spiro atoms. The van der Waals surface area contributed by atoms with Gasteiger partial charge in [0.1, 0.15) is 17.6 Å². The summed E-state index contributed by atoms with van der Waals surface area (Å²) in [4.78, 5) is 3.97. The van der Waals surface area contributed by atoms with Gasteiger partial charge in [0.05, 0.1) is 18.0 Å². The van der Waals surface area contributed by atoms with Gasteiger partial charge in [0.25, 0.3) is 0 Å². The van der Waals surface area contributed by atoms with Crippen LogP contribution in [0.1, 0.15) is 30.7 Å². The van der Waals surface area contributed by atoms with Gasteiger partial charge in [0.15, 0.2) is 0 Å². The van der Waals surface area contributed by atoms with Gasteiger partial charge in [-0.2, -0.15) is 5.26 Å². The van der Waals surface area contributed by atoms with Gasteiger partial charge in [-0.1, -0.05) is 12.1 Å². The molecule has 0 amide bonds. The highest BCUT2D eigenvalue weighted by Gasteiger charge is 2.12. The second kappa shape index (κ2) is 6.82. The van der Waals surface area contributed by atoms with Crippen LogP contribution in [-0.4, -0.2) is 16.1 Å². The molecule has 1 heterocycles. The summed E-state index contributed by atoms with van der Waals surface area (Å²) in [5.41, 5.74) is 1.83. The van der Waals surface area contributed by atoms with E-state index in [1.807, 2.05) is 13.0 Å². The Kier molecular flexibility index (Phi) is 4.85. The third kappa shape index (κ3) is 4.26. The minimum atomic E-state index is -0.667. The standard InChI is InChI=1S/C16H16FN3O/c1-11(20-15-7-6-14(9-18)19-10-15)8-16(21)12-2-4-13(17)5-3-12/h2-7,10-11,16,20-21H,8H2,1H3/t11-,16+/m0/s1. The average molecular weight is 285 g/mol. The first-order valence-electron chi connectivity index (χ1n) is 6.64. The number of nitriles is 1. The van der Waals surface area contributed by atoms with Crippen molar-refractivity contribution in [1.82, 2.24) is 4.98 Å². The molecule has 0 saturated carbocycles. The molecule has 0 bridgehead atoms. The van der Waals surface area contributed by atoms with Crippen molar-refractivity contribution < 1.29 is 9.50 Å². The van der Waals surface area contributed by atoms with Crippen LogP contribution in [0, 0.1) is 17.1 Å². The molecule has 5 heteroatoms. The molecule has 0 aliphatic rings. The summed E-state index contributed by atoms with van der Waals surface area (Å²) in [6.07, 6.45) is 1.39. The zero-order valence-electron chi connectivity index (χ0n) is 11.6. The third-order valence-corrected chi connectivity index (χ3v) is 3.12. The summed E-state index contributed by atoms with van der Waals surface area (Å²) in [7, 11) is 0. The van der Waals surface area contributed by atoms with Crippen LogP contribution in [0.4, 0.5) is 10.1 Å². The van der Waals surface area contributed by atoms with Crippen molar-refractivity contribution in [3.8, 4) is 6.07 Å². The highest BCUT2D eigenvalue weighted by atomic mass is 19.1. The lowest BCUT2D eigenvalue weighted by Crippen LogP contribution is -2.18. The largest absolute Gasteiger partial charge is 0.388 e. The van der Waals surface area contributed by atoms with E-state index in [-0.39, 0.29) is 11.9 Å². The average Bonchev–Trinajstić information content (AvgIpc) is 2.48. The molecule has 0 saturated heterocycles. The highest BCUT2D eigenvalue weighted by molar-refractivity contribution is 5.43. The fraction of sp³-hybridized carbons (Fsp3) is 0.250. The van der Waals surface area contributed by atoms with Gasteiger partial charge in [0, 0.05) is 6.04 Å². The minimum absolute atomic E-state index is 0.000196. The molecule has 0 fully saturated rings. The molecule has 0 aliphatic heterocycles. The molecular weight excluding hydrogens is 269 g/mol. The highest BCUT2D eigenvalue weighted by Crippen LogP contribution is 2.20. The molecule has 21 heavy (non-hydrogen) atoms. The van der Waals surface area contributed by atoms with E-state index >= 15 is 0 Å². The molecule has 1 aromatic heterocycles. The summed E-state index contributed by atoms with van der Waals surface area (Å²) in [5.74, 6) is -0.319. The number of nitrogens with zero attached hydrogens (tertiary/aromatic N) is 2. The lowest BCUT2D eigenvalue weighted by molar-refractivity contribution is 0.162. The second-order valence-electron chi connectivity index (χ2n) is 4.89. The van der Waals surface area contributed by atoms with E-state index in [0.29, 0.717) is 17.7 Å². The van der Waals surface area contributed by atoms with Gasteiger partial charge in [-0.15, -0.1) is 0 Å². The maximum absolute atomic E-state index is 12.8. The van der Waals surface area contributed by atoms with E-state index in [1.54, 1.807) is 30.5 Å². The van der Waals surface area contributed by atoms with E-state index in [4.69, 9.17) is 5.26 Å². The summed E-state index contributed by atoms with van der Waals surface area (Å²) >= 11 is 0. The summed E-state index contributed by atoms with van der Waals surface area (Å²) in [6, 6.07) is 11.2. The number of halogens is 1. The quantitative estimate of drug-likeness (QED) is 0.886. The smallest absolute Gasteiger partial charge is 0.140 e. The van der Waals surface area contributed by atoms with Crippen LogP contribution in [0.2, 0.25) is 0 Å². The first-order chi connectivity index (χ1) is 10.1. The molecule has 1 aromatic carbocycles. The van der Waals surface area contributed by atoms with Crippen molar-refractivity contribution in [2.24, 2.45) is 0 Å². The van der Waals surface area contributed by atoms with Crippen molar-refractivity contribution in [1.29, 1.82) is 5.26 Å². The van der Waals surface area contributed by atoms with E-state index in [0.717, 1.165) is 5.69 Å². The molecule has 0 aliphatic carbocycles. The Morgan fingerprint density at radius 2 is 2.00 bits per heavy atom. The molecule has 2 aromatic rings. The first kappa shape index (κ1) is 14.9. The first-order valence-corrected chi connectivity index (χ1v) is 6.64. The third-order valence-electron chi connectivity index (χ3n) is 3.12. The fourth-order valence-corrected chi connectivity index (χ4v) is 2.04. The number of pyridine rings is 1. The molecule has 2 N–H and O–H groups in total. The molecule has 2 atom stereocenters. The number of nitrogens with one attached hydrogen (secondary N) is 1. The van der Waals surface area contributed by atoms with Crippen LogP contribution >= 0.6 is 0 Å². The Morgan fingerprint density at radius 3 is 2.57 bits per heavy atom. The summed E-state index contributed by atoms with van der Waals surface area (Å²) in [6.45, 7) is 1.94.